The van der Waals surface area contributed by atoms with E-state index in [9.17, 15) is 24.9 Å². The summed E-state index contributed by atoms with van der Waals surface area (Å²) < 4.78 is 28.5. The second-order valence-corrected chi connectivity index (χ2v) is 14.2. The van der Waals surface area contributed by atoms with Crippen LogP contribution in [0.4, 0.5) is 0 Å². The first kappa shape index (κ1) is 41.9. The van der Waals surface area contributed by atoms with Crippen molar-refractivity contribution in [2.75, 3.05) is 0 Å². The predicted molar refractivity (Wildman–Crippen MR) is 203 cm³/mol. The van der Waals surface area contributed by atoms with Crippen molar-refractivity contribution in [1.29, 1.82) is 0 Å². The van der Waals surface area contributed by atoms with Crippen LogP contribution in [0.5, 0.6) is 0 Å². The average Bonchev–Trinajstić information content (AvgIpc) is 3.45. The second kappa shape index (κ2) is 19.4. The first-order chi connectivity index (χ1) is 25.8. The number of hydrogen-bond donors (Lipinski definition) is 3. The van der Waals surface area contributed by atoms with Crippen molar-refractivity contribution in [2.24, 2.45) is 10.8 Å². The van der Waals surface area contributed by atoms with Crippen molar-refractivity contribution in [2.45, 2.75) is 104 Å². The van der Waals surface area contributed by atoms with Gasteiger partial charge in [0.15, 0.2) is 17.3 Å². The number of cyclic esters (lactones) is 2. The number of aromatic nitrogens is 2. The normalized spacial score (nSPS) is 28.6. The third-order valence-corrected chi connectivity index (χ3v) is 9.35. The number of allylic oxidation sites excluding steroid dienone is 8. The van der Waals surface area contributed by atoms with Crippen LogP contribution in [-0.4, -0.2) is 80.0 Å². The largest absolute Gasteiger partial charge is 0.457 e. The van der Waals surface area contributed by atoms with Crippen LogP contribution in [0, 0.1) is 10.8 Å². The number of carbonyl (C=O) groups excluding carboxylic acids is 2. The van der Waals surface area contributed by atoms with Crippen LogP contribution in [0.1, 0.15) is 87.1 Å². The Bertz CT molecular complexity index is 1790. The van der Waals surface area contributed by atoms with Gasteiger partial charge >= 0.3 is 11.9 Å². The topological polar surface area (TPSA) is 178 Å². The third-order valence-electron chi connectivity index (χ3n) is 9.35. The van der Waals surface area contributed by atoms with Crippen molar-refractivity contribution >= 4 is 18.0 Å². The van der Waals surface area contributed by atoms with Gasteiger partial charge in [-0.1, -0.05) is 119 Å². The number of carbonyl (C=O) groups is 2. The molecule has 0 aromatic carbocycles. The molecule has 0 radical (unpaired) electrons. The van der Waals surface area contributed by atoms with Crippen LogP contribution >= 0.6 is 0 Å². The van der Waals surface area contributed by atoms with E-state index in [4.69, 9.17) is 23.0 Å². The SMILES string of the molecule is C/C=C/C(O)C(C)(C)C1C\C=C/C=C\C=C/C(O)Cc2nc(co2)C(=O)OC(C(C)(C)C(O)/C=C/C)C/C=C\C2OC2/C=C\C=C/c2nc(co2)C(=O)O1. The minimum absolute atomic E-state index is 0.00530. The summed E-state index contributed by atoms with van der Waals surface area (Å²) in [6.45, 7) is 10.9. The molecular weight excluding hydrogens is 692 g/mol. The second-order valence-electron chi connectivity index (χ2n) is 14.2. The fourth-order valence-corrected chi connectivity index (χ4v) is 5.53. The predicted octanol–water partition coefficient (Wildman–Crippen LogP) is 6.60. The third kappa shape index (κ3) is 11.8. The highest BCUT2D eigenvalue weighted by Crippen LogP contribution is 2.34. The molecule has 2 aliphatic heterocycles. The number of aliphatic hydroxyl groups excluding tert-OH is 3. The molecule has 1 saturated heterocycles. The summed E-state index contributed by atoms with van der Waals surface area (Å²) in [6.07, 6.45) is 26.2. The monoisotopic (exact) mass is 744 g/mol. The van der Waals surface area contributed by atoms with Crippen LogP contribution in [0.25, 0.3) is 6.08 Å². The molecule has 12 heteroatoms. The van der Waals surface area contributed by atoms with Crippen molar-refractivity contribution in [3.63, 3.8) is 0 Å². The van der Waals surface area contributed by atoms with Crippen LogP contribution in [0.15, 0.2) is 113 Å². The summed E-state index contributed by atoms with van der Waals surface area (Å²) in [5.74, 6) is -1.04. The molecule has 4 rings (SSSR count). The Morgan fingerprint density at radius 3 is 1.93 bits per heavy atom. The van der Waals surface area contributed by atoms with Crippen molar-refractivity contribution in [3.8, 4) is 0 Å². The van der Waals surface area contributed by atoms with Crippen molar-refractivity contribution in [1.82, 2.24) is 9.97 Å². The first-order valence-corrected chi connectivity index (χ1v) is 18.0. The quantitative estimate of drug-likeness (QED) is 0.164. The van der Waals surface area contributed by atoms with E-state index >= 15 is 0 Å². The van der Waals surface area contributed by atoms with Crippen LogP contribution in [-0.2, 0) is 20.6 Å². The zero-order chi connectivity index (χ0) is 39.3. The Morgan fingerprint density at radius 2 is 1.28 bits per heavy atom. The number of hydrogen-bond acceptors (Lipinski definition) is 12. The molecule has 1 fully saturated rings. The summed E-state index contributed by atoms with van der Waals surface area (Å²) in [7, 11) is 0. The number of fused-ring (bicyclic) bond motifs is 5. The van der Waals surface area contributed by atoms with Gasteiger partial charge in [-0.3, -0.25) is 0 Å². The highest BCUT2D eigenvalue weighted by Gasteiger charge is 2.40. The Labute approximate surface area is 316 Å². The Morgan fingerprint density at radius 1 is 0.722 bits per heavy atom. The minimum atomic E-state index is -0.956. The van der Waals surface area contributed by atoms with Gasteiger partial charge in [0, 0.05) is 29.7 Å². The summed E-state index contributed by atoms with van der Waals surface area (Å²) in [5, 5.41) is 32.3. The van der Waals surface area contributed by atoms with E-state index in [1.807, 2.05) is 52.0 Å². The molecule has 0 saturated carbocycles. The van der Waals surface area contributed by atoms with Crippen molar-refractivity contribution < 1.29 is 48.0 Å². The van der Waals surface area contributed by atoms with E-state index in [1.165, 1.54) is 12.5 Å². The molecule has 2 aliphatic rings. The zero-order valence-electron chi connectivity index (χ0n) is 31.6. The highest BCUT2D eigenvalue weighted by molar-refractivity contribution is 5.87. The lowest BCUT2D eigenvalue weighted by atomic mass is 9.79. The van der Waals surface area contributed by atoms with Gasteiger partial charge in [0.25, 0.3) is 0 Å². The molecule has 0 spiro atoms. The molecule has 7 atom stereocenters. The van der Waals surface area contributed by atoms with E-state index in [0.717, 1.165) is 0 Å². The van der Waals surface area contributed by atoms with Gasteiger partial charge in [-0.25, -0.2) is 19.6 Å². The van der Waals surface area contributed by atoms with E-state index < -0.39 is 53.3 Å². The first-order valence-electron chi connectivity index (χ1n) is 18.0. The molecule has 12 nitrogen and oxygen atoms in total. The molecule has 0 aliphatic carbocycles. The Hall–Kier alpha value is -4.88. The standard InChI is InChI=1S/C42H52N2O10/c1-7-17-33(46)41(3,4)35-22-13-11-9-10-12-19-28(45)25-38-44-30(27-51-38)40(49)54-36(42(5,6)34(47)18-8-2)23-16-21-32-31(52-32)20-14-15-24-37-43-29(26-50-37)39(48)53-35/h7-21,24,26-28,31-36,45-47H,22-23,25H2,1-6H3/b10-9-,13-11-,17-7+,18-8+,19-12-,20-14-,21-16-,24-15-. The van der Waals surface area contributed by atoms with Crippen LogP contribution < -0.4 is 0 Å². The number of rotatable bonds is 6. The summed E-state index contributed by atoms with van der Waals surface area (Å²) in [6, 6.07) is 0. The number of epoxide rings is 1. The lowest BCUT2D eigenvalue weighted by Gasteiger charge is -2.36. The Kier molecular flexibility index (Phi) is 15.1. The van der Waals surface area contributed by atoms with Gasteiger partial charge in [-0.15, -0.1) is 0 Å². The number of nitrogens with zero attached hydrogens (tertiary/aromatic N) is 2. The van der Waals surface area contributed by atoms with Gasteiger partial charge in [-0.05, 0) is 13.8 Å². The maximum absolute atomic E-state index is 13.2. The number of aliphatic hydroxyl groups is 3. The smallest absolute Gasteiger partial charge is 0.360 e. The van der Waals surface area contributed by atoms with E-state index in [2.05, 4.69) is 9.97 Å². The van der Waals surface area contributed by atoms with Gasteiger partial charge in [0.1, 0.15) is 36.9 Å². The molecule has 0 amide bonds. The van der Waals surface area contributed by atoms with Gasteiger partial charge in [-0.2, -0.15) is 0 Å². The van der Waals surface area contributed by atoms with E-state index in [0.29, 0.717) is 12.8 Å². The molecule has 54 heavy (non-hydrogen) atoms. The number of esters is 2. The molecule has 3 N–H and O–H groups in total. The van der Waals surface area contributed by atoms with Gasteiger partial charge in [0.2, 0.25) is 5.89 Å². The van der Waals surface area contributed by atoms with E-state index in [-0.39, 0.29) is 41.8 Å². The molecule has 4 heterocycles. The van der Waals surface area contributed by atoms with Crippen LogP contribution in [0.2, 0.25) is 0 Å². The zero-order valence-corrected chi connectivity index (χ0v) is 31.6. The summed E-state index contributed by atoms with van der Waals surface area (Å²) in [5.41, 5.74) is -1.77. The summed E-state index contributed by atoms with van der Waals surface area (Å²) >= 11 is 0. The van der Waals surface area contributed by atoms with E-state index in [1.54, 1.807) is 86.8 Å². The average molecular weight is 745 g/mol. The molecule has 7 unspecified atom stereocenters. The van der Waals surface area contributed by atoms with Gasteiger partial charge in [0.05, 0.1) is 24.7 Å². The summed E-state index contributed by atoms with van der Waals surface area (Å²) in [4.78, 5) is 34.9. The molecule has 2 aromatic rings. The highest BCUT2D eigenvalue weighted by atomic mass is 16.6. The maximum Gasteiger partial charge on any atom is 0.360 e. The van der Waals surface area contributed by atoms with Crippen molar-refractivity contribution in [3.05, 3.63) is 127 Å². The lowest BCUT2D eigenvalue weighted by molar-refractivity contribution is -0.0461. The molecule has 290 valence electrons. The number of oxazole rings is 2. The molecular formula is C42H52N2O10. The number of ether oxygens (including phenoxy) is 3. The fourth-order valence-electron chi connectivity index (χ4n) is 5.53. The fraction of sp³-hybridized carbons (Fsp3) is 0.429. The van der Waals surface area contributed by atoms with Crippen LogP contribution in [0.3, 0.4) is 0 Å². The Balaban J connectivity index is 1.56. The molecule has 2 aromatic heterocycles. The minimum Gasteiger partial charge on any atom is -0.457 e. The van der Waals surface area contributed by atoms with Gasteiger partial charge < -0.3 is 38.4 Å². The maximum atomic E-state index is 13.2. The lowest BCUT2D eigenvalue weighted by Crippen LogP contribution is -2.42. The molecule has 4 bridgehead atoms.